The van der Waals surface area contributed by atoms with E-state index in [2.05, 4.69) is 19.2 Å². The van der Waals surface area contributed by atoms with Gasteiger partial charge in [-0.15, -0.1) is 0 Å². The van der Waals surface area contributed by atoms with Crippen LogP contribution in [0.15, 0.2) is 18.2 Å². The first kappa shape index (κ1) is 14.2. The van der Waals surface area contributed by atoms with Crippen LogP contribution in [0.2, 0.25) is 10.0 Å². The third-order valence-corrected chi connectivity index (χ3v) is 5.33. The molecule has 1 amide bonds. The van der Waals surface area contributed by atoms with Crippen molar-refractivity contribution in [1.82, 2.24) is 10.2 Å². The average molecular weight is 313 g/mol. The molecular formula is C15H18Cl2N2O. The Kier molecular flexibility index (Phi) is 3.47. The second-order valence-electron chi connectivity index (χ2n) is 6.22. The maximum absolute atomic E-state index is 12.8. The number of fused-ring (bicyclic) bond motifs is 1. The second kappa shape index (κ2) is 4.90. The largest absolute Gasteiger partial charge is 0.333 e. The lowest BCUT2D eigenvalue weighted by atomic mass is 9.84. The minimum Gasteiger partial charge on any atom is -0.333 e. The molecule has 3 rings (SSSR count). The van der Waals surface area contributed by atoms with E-state index in [9.17, 15) is 4.79 Å². The summed E-state index contributed by atoms with van der Waals surface area (Å²) < 4.78 is 0. The van der Waals surface area contributed by atoms with E-state index in [4.69, 9.17) is 23.2 Å². The topological polar surface area (TPSA) is 32.3 Å². The van der Waals surface area contributed by atoms with Crippen molar-refractivity contribution in [3.63, 3.8) is 0 Å². The summed E-state index contributed by atoms with van der Waals surface area (Å²) in [6.07, 6.45) is 0. The highest BCUT2D eigenvalue weighted by Crippen LogP contribution is 2.41. The summed E-state index contributed by atoms with van der Waals surface area (Å²) in [4.78, 5) is 14.8. The molecule has 0 aliphatic carbocycles. The molecule has 1 N–H and O–H groups in total. The zero-order valence-corrected chi connectivity index (χ0v) is 13.1. The van der Waals surface area contributed by atoms with Gasteiger partial charge in [0.2, 0.25) is 0 Å². The molecule has 0 aromatic heterocycles. The Hall–Kier alpha value is -0.770. The van der Waals surface area contributed by atoms with E-state index in [0.29, 0.717) is 27.4 Å². The van der Waals surface area contributed by atoms with Gasteiger partial charge in [0.05, 0.1) is 10.6 Å². The maximum atomic E-state index is 12.8. The van der Waals surface area contributed by atoms with Crippen molar-refractivity contribution < 1.29 is 4.79 Å². The van der Waals surface area contributed by atoms with Crippen molar-refractivity contribution in [3.8, 4) is 0 Å². The molecular weight excluding hydrogens is 295 g/mol. The van der Waals surface area contributed by atoms with Gasteiger partial charge in [-0.1, -0.05) is 23.2 Å². The van der Waals surface area contributed by atoms with Gasteiger partial charge in [-0.05, 0) is 43.9 Å². The Bertz CT molecular complexity index is 559. The smallest absolute Gasteiger partial charge is 0.255 e. The number of benzene rings is 1. The molecule has 1 aromatic carbocycles. The van der Waals surface area contributed by atoms with Crippen LogP contribution in [0.1, 0.15) is 24.2 Å². The summed E-state index contributed by atoms with van der Waals surface area (Å²) in [5.74, 6) is 1.02. The molecule has 0 saturated carbocycles. The molecule has 0 bridgehead atoms. The molecule has 2 atom stereocenters. The third kappa shape index (κ3) is 2.12. The van der Waals surface area contributed by atoms with Crippen LogP contribution in [-0.4, -0.2) is 36.0 Å². The van der Waals surface area contributed by atoms with Crippen molar-refractivity contribution >= 4 is 29.1 Å². The molecule has 108 valence electrons. The quantitative estimate of drug-likeness (QED) is 0.864. The van der Waals surface area contributed by atoms with E-state index in [-0.39, 0.29) is 11.4 Å². The lowest BCUT2D eigenvalue weighted by molar-refractivity contribution is 0.0603. The zero-order chi connectivity index (χ0) is 14.5. The summed E-state index contributed by atoms with van der Waals surface area (Å²) in [5, 5.41) is 4.42. The Balaban J connectivity index is 1.93. The molecule has 2 fully saturated rings. The highest BCUT2D eigenvalue weighted by atomic mass is 35.5. The SMILES string of the molecule is CC1(C)C2CNCC2CN1C(=O)c1cc(Cl)ccc1Cl. The number of carbonyl (C=O) groups excluding carboxylic acids is 1. The molecule has 1 aromatic rings. The third-order valence-electron chi connectivity index (χ3n) is 4.76. The molecule has 0 radical (unpaired) electrons. The molecule has 20 heavy (non-hydrogen) atoms. The number of rotatable bonds is 1. The highest BCUT2D eigenvalue weighted by Gasteiger charge is 2.51. The Morgan fingerprint density at radius 1 is 1.35 bits per heavy atom. The number of hydrogen-bond donors (Lipinski definition) is 1. The van der Waals surface area contributed by atoms with Gasteiger partial charge in [-0.3, -0.25) is 4.79 Å². The highest BCUT2D eigenvalue weighted by molar-refractivity contribution is 6.35. The van der Waals surface area contributed by atoms with Crippen molar-refractivity contribution in [2.45, 2.75) is 19.4 Å². The molecule has 2 aliphatic heterocycles. The van der Waals surface area contributed by atoms with Gasteiger partial charge in [-0.25, -0.2) is 0 Å². The summed E-state index contributed by atoms with van der Waals surface area (Å²) >= 11 is 12.2. The Morgan fingerprint density at radius 2 is 2.10 bits per heavy atom. The molecule has 5 heteroatoms. The van der Waals surface area contributed by atoms with Gasteiger partial charge in [0.15, 0.2) is 0 Å². The predicted octanol–water partition coefficient (Wildman–Crippen LogP) is 3.06. The molecule has 2 aliphatic rings. The van der Waals surface area contributed by atoms with Gasteiger partial charge < -0.3 is 10.2 Å². The second-order valence-corrected chi connectivity index (χ2v) is 7.06. The molecule has 2 heterocycles. The van der Waals surface area contributed by atoms with Crippen LogP contribution in [0.25, 0.3) is 0 Å². The van der Waals surface area contributed by atoms with Crippen LogP contribution in [-0.2, 0) is 0 Å². The van der Waals surface area contributed by atoms with Crippen molar-refractivity contribution in [3.05, 3.63) is 33.8 Å². The number of hydrogen-bond acceptors (Lipinski definition) is 2. The van der Waals surface area contributed by atoms with Crippen molar-refractivity contribution in [2.24, 2.45) is 11.8 Å². The first-order valence-electron chi connectivity index (χ1n) is 6.89. The van der Waals surface area contributed by atoms with E-state index in [1.54, 1.807) is 18.2 Å². The number of amides is 1. The molecule has 3 nitrogen and oxygen atoms in total. The van der Waals surface area contributed by atoms with Crippen LogP contribution in [0.3, 0.4) is 0 Å². The number of nitrogens with zero attached hydrogens (tertiary/aromatic N) is 1. The van der Waals surface area contributed by atoms with E-state index < -0.39 is 0 Å². The number of likely N-dealkylation sites (tertiary alicyclic amines) is 1. The molecule has 0 spiro atoms. The van der Waals surface area contributed by atoms with E-state index in [1.807, 2.05) is 4.90 Å². The summed E-state index contributed by atoms with van der Waals surface area (Å²) in [5.41, 5.74) is 0.344. The van der Waals surface area contributed by atoms with Crippen LogP contribution in [0, 0.1) is 11.8 Å². The monoisotopic (exact) mass is 312 g/mol. The average Bonchev–Trinajstić information content (AvgIpc) is 2.94. The minimum absolute atomic E-state index is 0.0168. The number of halogens is 2. The summed E-state index contributed by atoms with van der Waals surface area (Å²) in [6, 6.07) is 5.05. The van der Waals surface area contributed by atoms with Gasteiger partial charge in [0.25, 0.3) is 5.91 Å². The first-order valence-corrected chi connectivity index (χ1v) is 7.64. The van der Waals surface area contributed by atoms with Gasteiger partial charge in [0.1, 0.15) is 0 Å². The van der Waals surface area contributed by atoms with Crippen LogP contribution >= 0.6 is 23.2 Å². The lowest BCUT2D eigenvalue weighted by Crippen LogP contribution is -2.47. The molecule has 2 unspecified atom stereocenters. The molecule has 2 saturated heterocycles. The van der Waals surface area contributed by atoms with Crippen molar-refractivity contribution in [2.75, 3.05) is 19.6 Å². The minimum atomic E-state index is -0.156. The van der Waals surface area contributed by atoms with E-state index in [0.717, 1.165) is 19.6 Å². The Morgan fingerprint density at radius 3 is 2.80 bits per heavy atom. The van der Waals surface area contributed by atoms with Crippen LogP contribution < -0.4 is 5.32 Å². The van der Waals surface area contributed by atoms with E-state index in [1.165, 1.54) is 0 Å². The summed E-state index contributed by atoms with van der Waals surface area (Å²) in [6.45, 7) is 7.03. The Labute approximate surface area is 129 Å². The predicted molar refractivity (Wildman–Crippen MR) is 81.4 cm³/mol. The van der Waals surface area contributed by atoms with Gasteiger partial charge >= 0.3 is 0 Å². The van der Waals surface area contributed by atoms with Crippen molar-refractivity contribution in [1.29, 1.82) is 0 Å². The van der Waals surface area contributed by atoms with E-state index >= 15 is 0 Å². The maximum Gasteiger partial charge on any atom is 0.255 e. The zero-order valence-electron chi connectivity index (χ0n) is 11.6. The number of nitrogens with one attached hydrogen (secondary N) is 1. The normalized spacial score (nSPS) is 27.7. The van der Waals surface area contributed by atoms with Gasteiger partial charge in [-0.2, -0.15) is 0 Å². The fourth-order valence-corrected chi connectivity index (χ4v) is 3.94. The lowest BCUT2D eigenvalue weighted by Gasteiger charge is -2.35. The van der Waals surface area contributed by atoms with Crippen LogP contribution in [0.4, 0.5) is 0 Å². The van der Waals surface area contributed by atoms with Gasteiger partial charge in [0, 0.05) is 30.2 Å². The summed E-state index contributed by atoms with van der Waals surface area (Å²) in [7, 11) is 0. The number of carbonyl (C=O) groups is 1. The fraction of sp³-hybridized carbons (Fsp3) is 0.533. The first-order chi connectivity index (χ1) is 9.41. The van der Waals surface area contributed by atoms with Crippen LogP contribution in [0.5, 0.6) is 0 Å². The fourth-order valence-electron chi connectivity index (χ4n) is 3.57. The standard InChI is InChI=1S/C15H18Cl2N2O/c1-15(2)12-7-18-6-9(12)8-19(15)14(20)11-5-10(16)3-4-13(11)17/h3-5,9,12,18H,6-8H2,1-2H3.